The summed E-state index contributed by atoms with van der Waals surface area (Å²) in [7, 11) is 0. The Morgan fingerprint density at radius 3 is 2.29 bits per heavy atom. The van der Waals surface area contributed by atoms with Crippen LogP contribution in [0, 0.1) is 0 Å². The molecule has 0 unspecified atom stereocenters. The Morgan fingerprint density at radius 1 is 1.05 bits per heavy atom. The summed E-state index contributed by atoms with van der Waals surface area (Å²) in [5.74, 6) is -1.44. The highest BCUT2D eigenvalue weighted by Gasteiger charge is 2.12. The van der Waals surface area contributed by atoms with Gasteiger partial charge in [0.15, 0.2) is 0 Å². The van der Waals surface area contributed by atoms with Crippen molar-refractivity contribution in [2.24, 2.45) is 0 Å². The summed E-state index contributed by atoms with van der Waals surface area (Å²) < 4.78 is 1.03. The predicted octanol–water partition coefficient (Wildman–Crippen LogP) is 1.40. The van der Waals surface area contributed by atoms with Crippen molar-refractivity contribution in [2.75, 3.05) is 0 Å². The molecule has 0 aliphatic rings. The van der Waals surface area contributed by atoms with Gasteiger partial charge in [0.05, 0.1) is 17.0 Å². The molecule has 0 N–H and O–H groups in total. The van der Waals surface area contributed by atoms with Crippen LogP contribution in [0.2, 0.25) is 5.02 Å². The summed E-state index contributed by atoms with van der Waals surface area (Å²) >= 11 is 5.80. The van der Waals surface area contributed by atoms with Gasteiger partial charge >= 0.3 is 0 Å². The molecular weight excluding hydrogens is 292 g/mol. The lowest BCUT2D eigenvalue weighted by atomic mass is 10.1. The third-order valence-corrected chi connectivity index (χ3v) is 3.32. The van der Waals surface area contributed by atoms with Crippen molar-refractivity contribution in [1.82, 2.24) is 9.78 Å². The molecule has 0 atom stereocenters. The molecule has 0 saturated carbocycles. The molecule has 1 heterocycles. The fourth-order valence-corrected chi connectivity index (χ4v) is 2.22. The van der Waals surface area contributed by atoms with Crippen LogP contribution in [0.15, 0.2) is 53.3 Å². The number of nitrogens with zero attached hydrogens (tertiary/aromatic N) is 2. The van der Waals surface area contributed by atoms with E-state index in [2.05, 4.69) is 5.10 Å². The summed E-state index contributed by atoms with van der Waals surface area (Å²) in [6.45, 7) is 0. The number of halogens is 1. The molecule has 5 nitrogen and oxygen atoms in total. The molecule has 0 aliphatic carbocycles. The third-order valence-electron chi connectivity index (χ3n) is 3.07. The smallest absolute Gasteiger partial charge is 0.279 e. The number of hydrogen-bond donors (Lipinski definition) is 0. The normalized spacial score (nSPS) is 10.7. The van der Waals surface area contributed by atoms with Gasteiger partial charge in [-0.2, -0.15) is 9.78 Å². The zero-order valence-corrected chi connectivity index (χ0v) is 11.4. The topological polar surface area (TPSA) is 75.0 Å². The number of aromatic nitrogens is 2. The van der Waals surface area contributed by atoms with Gasteiger partial charge in [-0.05, 0) is 30.3 Å². The molecule has 21 heavy (non-hydrogen) atoms. The lowest BCUT2D eigenvalue weighted by Crippen LogP contribution is -2.30. The van der Waals surface area contributed by atoms with Gasteiger partial charge in [0.25, 0.3) is 5.56 Å². The van der Waals surface area contributed by atoms with Crippen molar-refractivity contribution in [3.63, 3.8) is 0 Å². The zero-order chi connectivity index (χ0) is 15.0. The number of hydrogen-bond acceptors (Lipinski definition) is 4. The van der Waals surface area contributed by atoms with Gasteiger partial charge in [-0.1, -0.05) is 29.8 Å². The Balaban J connectivity index is 2.39. The fraction of sp³-hybridized carbons (Fsp3) is 0. The highest BCUT2D eigenvalue weighted by molar-refractivity contribution is 6.30. The molecule has 0 spiro atoms. The number of aromatic carboxylic acids is 1. The van der Waals surface area contributed by atoms with Crippen molar-refractivity contribution in [2.45, 2.75) is 0 Å². The molecule has 0 saturated heterocycles. The number of carbonyl (C=O) groups is 1. The van der Waals surface area contributed by atoms with E-state index in [4.69, 9.17) is 11.6 Å². The van der Waals surface area contributed by atoms with Crippen molar-refractivity contribution in [3.05, 3.63) is 69.6 Å². The number of benzene rings is 2. The molecule has 2 aromatic carbocycles. The molecule has 0 bridgehead atoms. The second-order valence-corrected chi connectivity index (χ2v) is 4.81. The molecule has 0 amide bonds. The molecule has 3 aromatic rings. The molecule has 104 valence electrons. The van der Waals surface area contributed by atoms with Crippen LogP contribution in [-0.4, -0.2) is 15.7 Å². The number of carboxylic acid groups (broad SMARTS) is 1. The Morgan fingerprint density at radius 2 is 1.67 bits per heavy atom. The molecule has 3 rings (SSSR count). The summed E-state index contributed by atoms with van der Waals surface area (Å²) in [6, 6.07) is 12.8. The van der Waals surface area contributed by atoms with Gasteiger partial charge in [0, 0.05) is 10.4 Å². The van der Waals surface area contributed by atoms with E-state index in [1.807, 2.05) is 0 Å². The first-order valence-electron chi connectivity index (χ1n) is 6.07. The van der Waals surface area contributed by atoms with Crippen molar-refractivity contribution in [3.8, 4) is 5.69 Å². The first-order chi connectivity index (χ1) is 10.1. The molecular formula is C15H8ClN2O3-. The van der Waals surface area contributed by atoms with Crippen LogP contribution >= 0.6 is 11.6 Å². The number of fused-ring (bicyclic) bond motifs is 1. The average Bonchev–Trinajstić information content (AvgIpc) is 2.49. The minimum absolute atomic E-state index is 0.257. The highest BCUT2D eigenvalue weighted by atomic mass is 35.5. The summed E-state index contributed by atoms with van der Waals surface area (Å²) in [5, 5.41) is 16.2. The van der Waals surface area contributed by atoms with Crippen molar-refractivity contribution >= 4 is 28.3 Å². The highest BCUT2D eigenvalue weighted by Crippen LogP contribution is 2.16. The van der Waals surface area contributed by atoms with Crippen molar-refractivity contribution in [1.29, 1.82) is 0 Å². The first kappa shape index (κ1) is 13.3. The van der Waals surface area contributed by atoms with E-state index >= 15 is 0 Å². The van der Waals surface area contributed by atoms with E-state index in [1.54, 1.807) is 42.5 Å². The summed E-state index contributed by atoms with van der Waals surface area (Å²) in [5.41, 5.74) is -0.254. The van der Waals surface area contributed by atoms with Gasteiger partial charge in [0.2, 0.25) is 0 Å². The minimum atomic E-state index is -1.44. The maximum absolute atomic E-state index is 12.4. The monoisotopic (exact) mass is 299 g/mol. The SMILES string of the molecule is O=C([O-])c1nn(-c2ccc(Cl)cc2)c(=O)c2ccccc12. The maximum Gasteiger partial charge on any atom is 0.279 e. The second-order valence-electron chi connectivity index (χ2n) is 4.38. The van der Waals surface area contributed by atoms with E-state index < -0.39 is 11.5 Å². The van der Waals surface area contributed by atoms with Crippen LogP contribution in [-0.2, 0) is 0 Å². The van der Waals surface area contributed by atoms with Crippen LogP contribution in [0.4, 0.5) is 0 Å². The van der Waals surface area contributed by atoms with Crippen LogP contribution in [0.3, 0.4) is 0 Å². The lowest BCUT2D eigenvalue weighted by molar-refractivity contribution is -0.255. The van der Waals surface area contributed by atoms with E-state index in [0.29, 0.717) is 10.7 Å². The van der Waals surface area contributed by atoms with Gasteiger partial charge in [-0.15, -0.1) is 0 Å². The Kier molecular flexibility index (Phi) is 3.19. The summed E-state index contributed by atoms with van der Waals surface area (Å²) in [6.07, 6.45) is 0. The van der Waals surface area contributed by atoms with Gasteiger partial charge in [0.1, 0.15) is 5.69 Å². The predicted molar refractivity (Wildman–Crippen MR) is 76.7 cm³/mol. The standard InChI is InChI=1S/C15H9ClN2O3/c16-9-5-7-10(8-6-9)18-14(19)12-4-2-1-3-11(12)13(17-18)15(20)21/h1-8H,(H,20,21)/p-1. The van der Waals surface area contributed by atoms with E-state index in [1.165, 1.54) is 6.07 Å². The molecule has 1 aromatic heterocycles. The quantitative estimate of drug-likeness (QED) is 0.717. The minimum Gasteiger partial charge on any atom is -0.543 e. The van der Waals surface area contributed by atoms with Crippen LogP contribution in [0.5, 0.6) is 0 Å². The van der Waals surface area contributed by atoms with Gasteiger partial charge < -0.3 is 9.90 Å². The average molecular weight is 300 g/mol. The van der Waals surface area contributed by atoms with Gasteiger partial charge in [-0.3, -0.25) is 4.79 Å². The Hall–Kier alpha value is -2.66. The van der Waals surface area contributed by atoms with Crippen LogP contribution in [0.1, 0.15) is 10.5 Å². The summed E-state index contributed by atoms with van der Waals surface area (Å²) in [4.78, 5) is 23.7. The van der Waals surface area contributed by atoms with E-state index in [-0.39, 0.29) is 16.5 Å². The van der Waals surface area contributed by atoms with Crippen molar-refractivity contribution < 1.29 is 9.90 Å². The fourth-order valence-electron chi connectivity index (χ4n) is 2.10. The Bertz CT molecular complexity index is 901. The maximum atomic E-state index is 12.4. The van der Waals surface area contributed by atoms with E-state index in [0.717, 1.165) is 4.68 Å². The molecule has 6 heteroatoms. The largest absolute Gasteiger partial charge is 0.543 e. The van der Waals surface area contributed by atoms with Crippen LogP contribution < -0.4 is 10.7 Å². The number of rotatable bonds is 2. The second kappa shape index (κ2) is 5.03. The molecule has 0 fully saturated rings. The van der Waals surface area contributed by atoms with E-state index in [9.17, 15) is 14.7 Å². The third kappa shape index (κ3) is 2.28. The molecule has 0 radical (unpaired) electrons. The zero-order valence-electron chi connectivity index (χ0n) is 10.6. The molecule has 0 aliphatic heterocycles. The Labute approximate surface area is 124 Å². The lowest BCUT2D eigenvalue weighted by Gasteiger charge is -2.11. The number of carbonyl (C=O) groups excluding carboxylic acids is 1. The van der Waals surface area contributed by atoms with Gasteiger partial charge in [-0.25, -0.2) is 0 Å². The van der Waals surface area contributed by atoms with Crippen LogP contribution in [0.25, 0.3) is 16.5 Å². The first-order valence-corrected chi connectivity index (χ1v) is 6.45. The number of carboxylic acids is 1.